The number of likely N-dealkylation sites (tertiary alicyclic amines) is 1. The summed E-state index contributed by atoms with van der Waals surface area (Å²) in [7, 11) is 0. The van der Waals surface area contributed by atoms with Crippen LogP contribution in [0.4, 0.5) is 5.13 Å². The smallest absolute Gasteiger partial charge is 0.245 e. The first-order valence-corrected chi connectivity index (χ1v) is 9.15. The Morgan fingerprint density at radius 3 is 2.96 bits per heavy atom. The molecule has 0 saturated carbocycles. The molecule has 2 saturated heterocycles. The maximum absolute atomic E-state index is 13.1. The third kappa shape index (κ3) is 2.85. The highest BCUT2D eigenvalue weighted by Crippen LogP contribution is 2.31. The van der Waals surface area contributed by atoms with Gasteiger partial charge in [0.05, 0.1) is 0 Å². The highest BCUT2D eigenvalue weighted by molar-refractivity contribution is 7.13. The minimum Gasteiger partial charge on any atom is -0.340 e. The molecule has 2 fully saturated rings. The Balaban J connectivity index is 1.47. The Morgan fingerprint density at radius 1 is 1.26 bits per heavy atom. The van der Waals surface area contributed by atoms with E-state index in [0.717, 1.165) is 56.1 Å². The van der Waals surface area contributed by atoms with Crippen molar-refractivity contribution in [2.75, 3.05) is 24.5 Å². The molecule has 2 aromatic rings. The van der Waals surface area contributed by atoms with E-state index in [1.807, 2.05) is 22.5 Å². The first-order chi connectivity index (χ1) is 11.3. The predicted molar refractivity (Wildman–Crippen MR) is 89.6 cm³/mol. The predicted octanol–water partition coefficient (Wildman–Crippen LogP) is 2.24. The number of hydrogen-bond donors (Lipinski definition) is 1. The number of anilines is 1. The molecule has 2 atom stereocenters. The van der Waals surface area contributed by atoms with E-state index < -0.39 is 0 Å². The maximum Gasteiger partial charge on any atom is 0.245 e. The van der Waals surface area contributed by atoms with Crippen molar-refractivity contribution in [3.8, 4) is 0 Å². The normalized spacial score (nSPS) is 25.0. The van der Waals surface area contributed by atoms with Crippen LogP contribution in [-0.4, -0.2) is 51.7 Å². The Labute approximate surface area is 139 Å². The molecule has 0 radical (unpaired) electrons. The zero-order valence-electron chi connectivity index (χ0n) is 13.0. The summed E-state index contributed by atoms with van der Waals surface area (Å²) in [6, 6.07) is 1.98. The highest BCUT2D eigenvalue weighted by Gasteiger charge is 2.36. The fourth-order valence-corrected chi connectivity index (χ4v) is 4.47. The van der Waals surface area contributed by atoms with Gasteiger partial charge in [-0.25, -0.2) is 4.98 Å². The Kier molecular flexibility index (Phi) is 4.03. The number of rotatable bonds is 3. The van der Waals surface area contributed by atoms with Crippen LogP contribution in [0.15, 0.2) is 23.8 Å². The summed E-state index contributed by atoms with van der Waals surface area (Å²) in [5.74, 6) is 0.645. The Bertz CT molecular complexity index is 641. The zero-order chi connectivity index (χ0) is 15.6. The van der Waals surface area contributed by atoms with Gasteiger partial charge in [0.15, 0.2) is 5.13 Å². The summed E-state index contributed by atoms with van der Waals surface area (Å²) in [5, 5.41) is 10.1. The van der Waals surface area contributed by atoms with Crippen LogP contribution in [0.3, 0.4) is 0 Å². The van der Waals surface area contributed by atoms with Crippen LogP contribution in [0.1, 0.15) is 37.3 Å². The van der Waals surface area contributed by atoms with Crippen LogP contribution < -0.4 is 4.90 Å². The second-order valence-corrected chi connectivity index (χ2v) is 7.17. The number of carbonyl (C=O) groups excluding carboxylic acids is 1. The minimum atomic E-state index is -0.0401. The van der Waals surface area contributed by atoms with Crippen LogP contribution in [-0.2, 0) is 4.79 Å². The van der Waals surface area contributed by atoms with Gasteiger partial charge >= 0.3 is 0 Å². The molecule has 2 aliphatic heterocycles. The average molecular weight is 331 g/mol. The molecule has 2 aliphatic rings. The number of nitrogens with one attached hydrogen (secondary N) is 1. The lowest BCUT2D eigenvalue weighted by Crippen LogP contribution is -2.49. The van der Waals surface area contributed by atoms with E-state index >= 15 is 0 Å². The maximum atomic E-state index is 13.1. The van der Waals surface area contributed by atoms with Crippen LogP contribution in [0, 0.1) is 0 Å². The van der Waals surface area contributed by atoms with Gasteiger partial charge in [-0.3, -0.25) is 9.89 Å². The molecule has 2 aromatic heterocycles. The number of H-pyrrole nitrogens is 1. The van der Waals surface area contributed by atoms with Gasteiger partial charge in [-0.1, -0.05) is 0 Å². The van der Waals surface area contributed by atoms with E-state index in [4.69, 9.17) is 0 Å². The van der Waals surface area contributed by atoms with Gasteiger partial charge in [0, 0.05) is 49.0 Å². The van der Waals surface area contributed by atoms with Gasteiger partial charge < -0.3 is 9.80 Å². The number of thiazole rings is 1. The van der Waals surface area contributed by atoms with Crippen molar-refractivity contribution >= 4 is 22.4 Å². The molecule has 23 heavy (non-hydrogen) atoms. The van der Waals surface area contributed by atoms with Crippen LogP contribution in [0.25, 0.3) is 0 Å². The van der Waals surface area contributed by atoms with Crippen molar-refractivity contribution in [3.05, 3.63) is 29.5 Å². The lowest BCUT2D eigenvalue weighted by molar-refractivity contribution is -0.133. The molecule has 4 rings (SSSR count). The molecule has 0 unspecified atom stereocenters. The van der Waals surface area contributed by atoms with Crippen molar-refractivity contribution < 1.29 is 4.79 Å². The molecule has 7 heteroatoms. The molecule has 122 valence electrons. The number of amides is 1. The monoisotopic (exact) mass is 331 g/mol. The number of piperidine rings is 1. The standard InChI is InChI=1S/C16H21N5OS/c22-15(14-4-2-9-21(14)16-17-7-10-23-16)20-8-1-3-12(11-20)13-5-6-18-19-13/h5-7,10,12,14H,1-4,8-9,11H2,(H,18,19)/t12-,14+/m0/s1. The van der Waals surface area contributed by atoms with Crippen molar-refractivity contribution in [2.24, 2.45) is 0 Å². The summed E-state index contributed by atoms with van der Waals surface area (Å²) >= 11 is 1.62. The van der Waals surface area contributed by atoms with E-state index in [0.29, 0.717) is 5.92 Å². The summed E-state index contributed by atoms with van der Waals surface area (Å²) in [4.78, 5) is 21.7. The van der Waals surface area contributed by atoms with E-state index in [9.17, 15) is 4.79 Å². The van der Waals surface area contributed by atoms with Crippen LogP contribution >= 0.6 is 11.3 Å². The first-order valence-electron chi connectivity index (χ1n) is 8.27. The molecule has 0 spiro atoms. The number of aromatic nitrogens is 3. The molecule has 0 aromatic carbocycles. The van der Waals surface area contributed by atoms with Crippen molar-refractivity contribution in [1.82, 2.24) is 20.1 Å². The Morgan fingerprint density at radius 2 is 2.17 bits per heavy atom. The third-order valence-electron chi connectivity index (χ3n) is 4.90. The first kappa shape index (κ1) is 14.7. The van der Waals surface area contributed by atoms with E-state index in [-0.39, 0.29) is 11.9 Å². The molecule has 0 aliphatic carbocycles. The summed E-state index contributed by atoms with van der Waals surface area (Å²) in [6.45, 7) is 2.59. The van der Waals surface area contributed by atoms with Gasteiger partial charge in [0.25, 0.3) is 0 Å². The largest absolute Gasteiger partial charge is 0.340 e. The molecule has 4 heterocycles. The van der Waals surface area contributed by atoms with Gasteiger partial charge in [-0.15, -0.1) is 11.3 Å². The fraction of sp³-hybridized carbons (Fsp3) is 0.562. The highest BCUT2D eigenvalue weighted by atomic mass is 32.1. The topological polar surface area (TPSA) is 65.1 Å². The summed E-state index contributed by atoms with van der Waals surface area (Å²) in [6.07, 6.45) is 7.77. The van der Waals surface area contributed by atoms with Crippen molar-refractivity contribution in [2.45, 2.75) is 37.6 Å². The molecular weight excluding hydrogens is 310 g/mol. The molecule has 6 nitrogen and oxygen atoms in total. The zero-order valence-corrected chi connectivity index (χ0v) is 13.8. The molecule has 1 amide bonds. The molecular formula is C16H21N5OS. The van der Waals surface area contributed by atoms with Crippen LogP contribution in [0.2, 0.25) is 0 Å². The number of carbonyl (C=O) groups is 1. The summed E-state index contributed by atoms with van der Waals surface area (Å²) < 4.78 is 0. The van der Waals surface area contributed by atoms with E-state index in [2.05, 4.69) is 20.1 Å². The summed E-state index contributed by atoms with van der Waals surface area (Å²) in [5.41, 5.74) is 1.14. The molecule has 0 bridgehead atoms. The second kappa shape index (κ2) is 6.31. The van der Waals surface area contributed by atoms with Gasteiger partial charge in [0.1, 0.15) is 6.04 Å². The lowest BCUT2D eigenvalue weighted by Gasteiger charge is -2.35. The lowest BCUT2D eigenvalue weighted by atomic mass is 9.94. The second-order valence-electron chi connectivity index (χ2n) is 6.30. The quantitative estimate of drug-likeness (QED) is 0.937. The number of hydrogen-bond acceptors (Lipinski definition) is 5. The fourth-order valence-electron chi connectivity index (χ4n) is 3.75. The SMILES string of the molecule is O=C([C@H]1CCCN1c1nccs1)N1CCC[C@H](c2ccn[nH]2)C1. The van der Waals surface area contributed by atoms with Gasteiger partial charge in [0.2, 0.25) is 5.91 Å². The third-order valence-corrected chi connectivity index (χ3v) is 5.71. The van der Waals surface area contributed by atoms with Gasteiger partial charge in [-0.2, -0.15) is 5.10 Å². The van der Waals surface area contributed by atoms with Crippen molar-refractivity contribution in [1.29, 1.82) is 0 Å². The van der Waals surface area contributed by atoms with Crippen LogP contribution in [0.5, 0.6) is 0 Å². The number of aromatic amines is 1. The Hall–Kier alpha value is -1.89. The van der Waals surface area contributed by atoms with Gasteiger partial charge in [-0.05, 0) is 31.7 Å². The van der Waals surface area contributed by atoms with E-state index in [1.54, 1.807) is 17.5 Å². The average Bonchev–Trinajstić information content (AvgIpc) is 3.35. The number of nitrogens with zero attached hydrogens (tertiary/aromatic N) is 4. The van der Waals surface area contributed by atoms with Crippen molar-refractivity contribution in [3.63, 3.8) is 0 Å². The van der Waals surface area contributed by atoms with E-state index in [1.165, 1.54) is 0 Å². The molecule has 1 N–H and O–H groups in total. The minimum absolute atomic E-state index is 0.0401.